The summed E-state index contributed by atoms with van der Waals surface area (Å²) in [4.78, 5) is 47.0. The van der Waals surface area contributed by atoms with E-state index in [1.54, 1.807) is 12.1 Å². The first-order chi connectivity index (χ1) is 17.1. The maximum Gasteiger partial charge on any atom is 0.337 e. The Hall–Kier alpha value is -4.21. The normalized spacial score (nSPS) is 10.4. The number of hydrogen-bond donors (Lipinski definition) is 4. The standard InChI is InChI=1S/C26H24ClN3O6/c1-15-3-4-18(17-5-8-20(9-6-17)28-16(2)31)11-23(15)30-25(33)14-36-13-24(32)29-22-10-7-19(27)12-21(22)26(34)35/h3-12H,13-14H2,1-2H3,(H,28,31)(H,29,32)(H,30,33)(H,34,35). The average Bonchev–Trinajstić information content (AvgIpc) is 2.81. The Morgan fingerprint density at radius 1 is 0.806 bits per heavy atom. The zero-order chi connectivity index (χ0) is 26.2. The van der Waals surface area contributed by atoms with E-state index < -0.39 is 24.4 Å². The van der Waals surface area contributed by atoms with Crippen molar-refractivity contribution < 1.29 is 29.0 Å². The molecular formula is C26H24ClN3O6. The summed E-state index contributed by atoms with van der Waals surface area (Å²) in [6, 6.07) is 17.0. The van der Waals surface area contributed by atoms with Crippen LogP contribution in [0.15, 0.2) is 60.7 Å². The van der Waals surface area contributed by atoms with E-state index in [0.717, 1.165) is 16.7 Å². The van der Waals surface area contributed by atoms with E-state index in [1.807, 2.05) is 37.3 Å². The minimum absolute atomic E-state index is 0.0718. The van der Waals surface area contributed by atoms with Crippen molar-refractivity contribution in [2.45, 2.75) is 13.8 Å². The Balaban J connectivity index is 1.55. The van der Waals surface area contributed by atoms with Crippen LogP contribution in [0.1, 0.15) is 22.8 Å². The highest BCUT2D eigenvalue weighted by Gasteiger charge is 2.14. The van der Waals surface area contributed by atoms with Crippen molar-refractivity contribution in [2.24, 2.45) is 0 Å². The molecule has 0 aliphatic rings. The number of amides is 3. The molecule has 4 N–H and O–H groups in total. The summed E-state index contributed by atoms with van der Waals surface area (Å²) >= 11 is 5.80. The molecule has 0 spiro atoms. The zero-order valence-electron chi connectivity index (χ0n) is 19.6. The number of carbonyl (C=O) groups excluding carboxylic acids is 3. The summed E-state index contributed by atoms with van der Waals surface area (Å²) in [5, 5.41) is 17.4. The molecule has 0 bridgehead atoms. The van der Waals surface area contributed by atoms with E-state index in [9.17, 15) is 24.3 Å². The van der Waals surface area contributed by atoms with Crippen molar-refractivity contribution in [1.29, 1.82) is 0 Å². The summed E-state index contributed by atoms with van der Waals surface area (Å²) in [6.07, 6.45) is 0. The van der Waals surface area contributed by atoms with Crippen molar-refractivity contribution in [1.82, 2.24) is 0 Å². The molecule has 10 heteroatoms. The lowest BCUT2D eigenvalue weighted by atomic mass is 10.0. The van der Waals surface area contributed by atoms with Gasteiger partial charge in [0.1, 0.15) is 13.2 Å². The highest BCUT2D eigenvalue weighted by atomic mass is 35.5. The second-order valence-electron chi connectivity index (χ2n) is 7.87. The van der Waals surface area contributed by atoms with Crippen LogP contribution in [0.2, 0.25) is 5.02 Å². The molecule has 0 heterocycles. The fourth-order valence-electron chi connectivity index (χ4n) is 3.30. The van der Waals surface area contributed by atoms with Crippen molar-refractivity contribution in [3.63, 3.8) is 0 Å². The third kappa shape index (κ3) is 7.39. The van der Waals surface area contributed by atoms with Gasteiger partial charge in [-0.25, -0.2) is 4.79 Å². The molecule has 0 aromatic heterocycles. The number of rotatable bonds is 9. The quantitative estimate of drug-likeness (QED) is 0.334. The number of hydrogen-bond acceptors (Lipinski definition) is 5. The molecule has 3 amide bonds. The predicted octanol–water partition coefficient (Wildman–Crippen LogP) is 4.57. The molecule has 0 radical (unpaired) electrons. The first kappa shape index (κ1) is 26.4. The Bertz CT molecular complexity index is 1310. The number of anilines is 3. The predicted molar refractivity (Wildman–Crippen MR) is 137 cm³/mol. The smallest absolute Gasteiger partial charge is 0.337 e. The minimum atomic E-state index is -1.24. The van der Waals surface area contributed by atoms with Crippen LogP contribution in [0.5, 0.6) is 0 Å². The molecule has 0 atom stereocenters. The van der Waals surface area contributed by atoms with Crippen LogP contribution in [0.4, 0.5) is 17.1 Å². The van der Waals surface area contributed by atoms with E-state index in [1.165, 1.54) is 25.1 Å². The van der Waals surface area contributed by atoms with Gasteiger partial charge in [0, 0.05) is 23.3 Å². The Morgan fingerprint density at radius 2 is 1.42 bits per heavy atom. The Morgan fingerprint density at radius 3 is 2.03 bits per heavy atom. The van der Waals surface area contributed by atoms with Gasteiger partial charge in [0.05, 0.1) is 11.3 Å². The number of carbonyl (C=O) groups is 4. The molecule has 36 heavy (non-hydrogen) atoms. The van der Waals surface area contributed by atoms with Gasteiger partial charge in [-0.3, -0.25) is 14.4 Å². The number of nitrogens with one attached hydrogen (secondary N) is 3. The maximum atomic E-state index is 12.4. The Kier molecular flexibility index (Phi) is 8.77. The van der Waals surface area contributed by atoms with E-state index in [4.69, 9.17) is 16.3 Å². The van der Waals surface area contributed by atoms with Gasteiger partial charge in [0.2, 0.25) is 17.7 Å². The van der Waals surface area contributed by atoms with E-state index in [-0.39, 0.29) is 28.8 Å². The van der Waals surface area contributed by atoms with E-state index in [2.05, 4.69) is 16.0 Å². The van der Waals surface area contributed by atoms with Crippen LogP contribution < -0.4 is 16.0 Å². The van der Waals surface area contributed by atoms with Gasteiger partial charge in [-0.2, -0.15) is 0 Å². The Labute approximate surface area is 212 Å². The summed E-state index contributed by atoms with van der Waals surface area (Å²) in [6.45, 7) is 2.46. The minimum Gasteiger partial charge on any atom is -0.478 e. The molecule has 0 aliphatic heterocycles. The van der Waals surface area contributed by atoms with E-state index in [0.29, 0.717) is 11.4 Å². The summed E-state index contributed by atoms with van der Waals surface area (Å²) in [7, 11) is 0. The fraction of sp³-hybridized carbons (Fsp3) is 0.154. The highest BCUT2D eigenvalue weighted by Crippen LogP contribution is 2.27. The summed E-state index contributed by atoms with van der Waals surface area (Å²) in [5.74, 6) is -2.47. The van der Waals surface area contributed by atoms with Gasteiger partial charge in [-0.05, 0) is 60.0 Å². The lowest BCUT2D eigenvalue weighted by Crippen LogP contribution is -2.24. The number of aryl methyl sites for hydroxylation is 1. The van der Waals surface area contributed by atoms with Gasteiger partial charge in [-0.15, -0.1) is 0 Å². The van der Waals surface area contributed by atoms with Gasteiger partial charge < -0.3 is 25.8 Å². The number of carboxylic acids is 1. The number of carboxylic acid groups (broad SMARTS) is 1. The molecule has 0 saturated heterocycles. The molecule has 0 saturated carbocycles. The molecule has 0 unspecified atom stereocenters. The highest BCUT2D eigenvalue weighted by molar-refractivity contribution is 6.31. The van der Waals surface area contributed by atoms with E-state index >= 15 is 0 Å². The van der Waals surface area contributed by atoms with Crippen molar-refractivity contribution >= 4 is 52.4 Å². The van der Waals surface area contributed by atoms with Crippen LogP contribution in [-0.4, -0.2) is 42.0 Å². The van der Waals surface area contributed by atoms with Gasteiger partial charge in [0.25, 0.3) is 0 Å². The first-order valence-corrected chi connectivity index (χ1v) is 11.2. The number of ether oxygens (including phenoxy) is 1. The lowest BCUT2D eigenvalue weighted by molar-refractivity contribution is -0.125. The van der Waals surface area contributed by atoms with Crippen molar-refractivity contribution in [3.05, 3.63) is 76.8 Å². The summed E-state index contributed by atoms with van der Waals surface area (Å²) in [5.41, 5.74) is 3.78. The molecule has 3 rings (SSSR count). The monoisotopic (exact) mass is 509 g/mol. The molecule has 186 valence electrons. The third-order valence-corrected chi connectivity index (χ3v) is 5.24. The van der Waals surface area contributed by atoms with Gasteiger partial charge in [-0.1, -0.05) is 35.9 Å². The molecular weight excluding hydrogens is 486 g/mol. The van der Waals surface area contributed by atoms with Gasteiger partial charge >= 0.3 is 5.97 Å². The number of halogens is 1. The second-order valence-corrected chi connectivity index (χ2v) is 8.31. The maximum absolute atomic E-state index is 12.4. The van der Waals surface area contributed by atoms with Crippen LogP contribution in [0, 0.1) is 6.92 Å². The molecule has 3 aromatic rings. The van der Waals surface area contributed by atoms with Gasteiger partial charge in [0.15, 0.2) is 0 Å². The molecule has 9 nitrogen and oxygen atoms in total. The fourth-order valence-corrected chi connectivity index (χ4v) is 3.47. The van der Waals surface area contributed by atoms with Crippen LogP contribution in [0.3, 0.4) is 0 Å². The number of benzene rings is 3. The lowest BCUT2D eigenvalue weighted by Gasteiger charge is -2.12. The summed E-state index contributed by atoms with van der Waals surface area (Å²) < 4.78 is 5.19. The SMILES string of the molecule is CC(=O)Nc1ccc(-c2ccc(C)c(NC(=O)COCC(=O)Nc3ccc(Cl)cc3C(=O)O)c2)cc1. The largest absolute Gasteiger partial charge is 0.478 e. The number of aromatic carboxylic acids is 1. The topological polar surface area (TPSA) is 134 Å². The third-order valence-electron chi connectivity index (χ3n) is 5.00. The van der Waals surface area contributed by atoms with Crippen LogP contribution in [-0.2, 0) is 19.1 Å². The van der Waals surface area contributed by atoms with Crippen molar-refractivity contribution in [2.75, 3.05) is 29.2 Å². The molecule has 3 aromatic carbocycles. The first-order valence-electron chi connectivity index (χ1n) is 10.8. The second kappa shape index (κ2) is 12.0. The van der Waals surface area contributed by atoms with Crippen molar-refractivity contribution in [3.8, 4) is 11.1 Å². The molecule has 0 aliphatic carbocycles. The van der Waals surface area contributed by atoms with Crippen LogP contribution in [0.25, 0.3) is 11.1 Å². The average molecular weight is 510 g/mol. The molecule has 0 fully saturated rings. The zero-order valence-corrected chi connectivity index (χ0v) is 20.3. The van der Waals surface area contributed by atoms with Crippen LogP contribution >= 0.6 is 11.6 Å².